The first-order chi connectivity index (χ1) is 7.92. The molecule has 0 bridgehead atoms. The molecule has 16 heavy (non-hydrogen) atoms. The van der Waals surface area contributed by atoms with Crippen LogP contribution in [0.3, 0.4) is 0 Å². The SMILES string of the molecule is NNC(C1=CCCCC1)C1C2CCCCC21. The summed E-state index contributed by atoms with van der Waals surface area (Å²) in [5.41, 5.74) is 4.74. The van der Waals surface area contributed by atoms with Crippen molar-refractivity contribution in [1.29, 1.82) is 0 Å². The topological polar surface area (TPSA) is 38.0 Å². The van der Waals surface area contributed by atoms with Crippen molar-refractivity contribution in [2.24, 2.45) is 23.6 Å². The third kappa shape index (κ3) is 1.82. The molecular formula is C14H24N2. The Morgan fingerprint density at radius 1 is 1.12 bits per heavy atom. The summed E-state index contributed by atoms with van der Waals surface area (Å²) in [4.78, 5) is 0. The fourth-order valence-corrected chi connectivity index (χ4v) is 4.15. The predicted octanol–water partition coefficient (Wildman–Crippen LogP) is 2.75. The first-order valence-corrected chi connectivity index (χ1v) is 7.07. The van der Waals surface area contributed by atoms with E-state index in [1.807, 2.05) is 0 Å². The lowest BCUT2D eigenvalue weighted by molar-refractivity contribution is 0.466. The van der Waals surface area contributed by atoms with E-state index in [4.69, 9.17) is 5.84 Å². The van der Waals surface area contributed by atoms with E-state index in [1.54, 1.807) is 5.57 Å². The molecule has 3 aliphatic rings. The third-order valence-corrected chi connectivity index (χ3v) is 5.01. The molecule has 0 amide bonds. The molecule has 2 saturated carbocycles. The molecule has 0 aliphatic heterocycles. The molecule has 2 fully saturated rings. The molecule has 0 aromatic carbocycles. The van der Waals surface area contributed by atoms with Crippen molar-refractivity contribution in [3.8, 4) is 0 Å². The number of hydrogen-bond acceptors (Lipinski definition) is 2. The van der Waals surface area contributed by atoms with Crippen molar-refractivity contribution in [3.63, 3.8) is 0 Å². The van der Waals surface area contributed by atoms with Gasteiger partial charge < -0.3 is 0 Å². The highest BCUT2D eigenvalue weighted by molar-refractivity contribution is 5.20. The van der Waals surface area contributed by atoms with Crippen LogP contribution in [-0.4, -0.2) is 6.04 Å². The van der Waals surface area contributed by atoms with Gasteiger partial charge in [0, 0.05) is 6.04 Å². The predicted molar refractivity (Wildman–Crippen MR) is 66.6 cm³/mol. The van der Waals surface area contributed by atoms with Gasteiger partial charge in [-0.1, -0.05) is 24.5 Å². The molecule has 0 saturated heterocycles. The van der Waals surface area contributed by atoms with Crippen molar-refractivity contribution in [2.45, 2.75) is 57.4 Å². The number of rotatable bonds is 3. The highest BCUT2D eigenvalue weighted by Crippen LogP contribution is 2.58. The van der Waals surface area contributed by atoms with Gasteiger partial charge in [-0.15, -0.1) is 0 Å². The molecule has 0 spiro atoms. The van der Waals surface area contributed by atoms with Gasteiger partial charge in [0.15, 0.2) is 0 Å². The van der Waals surface area contributed by atoms with Crippen LogP contribution in [0.1, 0.15) is 51.4 Å². The van der Waals surface area contributed by atoms with Crippen LogP contribution in [0, 0.1) is 17.8 Å². The average molecular weight is 220 g/mol. The minimum Gasteiger partial charge on any atom is -0.271 e. The zero-order valence-electron chi connectivity index (χ0n) is 10.1. The van der Waals surface area contributed by atoms with E-state index >= 15 is 0 Å². The number of nitrogens with one attached hydrogen (secondary N) is 1. The van der Waals surface area contributed by atoms with Crippen molar-refractivity contribution in [1.82, 2.24) is 5.43 Å². The van der Waals surface area contributed by atoms with Crippen LogP contribution in [0.25, 0.3) is 0 Å². The molecule has 0 aromatic heterocycles. The second kappa shape index (κ2) is 4.50. The monoisotopic (exact) mass is 220 g/mol. The number of allylic oxidation sites excluding steroid dienone is 1. The maximum absolute atomic E-state index is 5.81. The van der Waals surface area contributed by atoms with E-state index < -0.39 is 0 Å². The largest absolute Gasteiger partial charge is 0.271 e. The summed E-state index contributed by atoms with van der Waals surface area (Å²) in [6.07, 6.45) is 13.6. The van der Waals surface area contributed by atoms with Gasteiger partial charge in [-0.25, -0.2) is 0 Å². The molecule has 3 rings (SSSR count). The summed E-state index contributed by atoms with van der Waals surface area (Å²) in [5, 5.41) is 0. The van der Waals surface area contributed by atoms with E-state index in [2.05, 4.69) is 11.5 Å². The average Bonchev–Trinajstić information content (AvgIpc) is 3.07. The summed E-state index contributed by atoms with van der Waals surface area (Å²) in [6, 6.07) is 0.508. The summed E-state index contributed by atoms with van der Waals surface area (Å²) < 4.78 is 0. The lowest BCUT2D eigenvalue weighted by atomic mass is 9.90. The van der Waals surface area contributed by atoms with Gasteiger partial charge in [0.25, 0.3) is 0 Å². The second-order valence-electron chi connectivity index (χ2n) is 5.86. The van der Waals surface area contributed by atoms with Gasteiger partial charge in [-0.3, -0.25) is 11.3 Å². The molecule has 3 N–H and O–H groups in total. The maximum atomic E-state index is 5.81. The van der Waals surface area contributed by atoms with E-state index in [0.29, 0.717) is 6.04 Å². The van der Waals surface area contributed by atoms with Crippen LogP contribution in [-0.2, 0) is 0 Å². The second-order valence-corrected chi connectivity index (χ2v) is 5.86. The molecule has 3 atom stereocenters. The van der Waals surface area contributed by atoms with Gasteiger partial charge in [-0.05, 0) is 56.3 Å². The third-order valence-electron chi connectivity index (χ3n) is 5.01. The van der Waals surface area contributed by atoms with E-state index in [0.717, 1.165) is 17.8 Å². The van der Waals surface area contributed by atoms with Gasteiger partial charge in [0.2, 0.25) is 0 Å². The molecule has 0 aromatic rings. The van der Waals surface area contributed by atoms with Gasteiger partial charge in [0.1, 0.15) is 0 Å². The summed E-state index contributed by atoms with van der Waals surface area (Å²) in [7, 11) is 0. The smallest absolute Gasteiger partial charge is 0.0453 e. The Balaban J connectivity index is 1.69. The summed E-state index contributed by atoms with van der Waals surface area (Å²) >= 11 is 0. The zero-order valence-corrected chi connectivity index (χ0v) is 10.1. The molecule has 3 unspecified atom stereocenters. The summed E-state index contributed by atoms with van der Waals surface area (Å²) in [5.74, 6) is 8.68. The number of hydrogen-bond donors (Lipinski definition) is 2. The quantitative estimate of drug-likeness (QED) is 0.436. The Bertz CT molecular complexity index is 272. The molecule has 90 valence electrons. The number of fused-ring (bicyclic) bond motifs is 1. The van der Waals surface area contributed by atoms with Crippen LogP contribution in [0.5, 0.6) is 0 Å². The van der Waals surface area contributed by atoms with Gasteiger partial charge >= 0.3 is 0 Å². The highest BCUT2D eigenvalue weighted by Gasteiger charge is 2.54. The lowest BCUT2D eigenvalue weighted by Crippen LogP contribution is -2.39. The molecule has 2 nitrogen and oxygen atoms in total. The van der Waals surface area contributed by atoms with Crippen molar-refractivity contribution in [3.05, 3.63) is 11.6 Å². The first-order valence-electron chi connectivity index (χ1n) is 7.07. The van der Waals surface area contributed by atoms with Crippen molar-refractivity contribution in [2.75, 3.05) is 0 Å². The Kier molecular flexibility index (Phi) is 3.03. The maximum Gasteiger partial charge on any atom is 0.0453 e. The standard InChI is InChI=1S/C14H24N2/c15-16-14(10-6-2-1-3-7-10)13-11-8-4-5-9-12(11)13/h6,11-14,16H,1-5,7-9,15H2. The van der Waals surface area contributed by atoms with Crippen LogP contribution >= 0.6 is 0 Å². The van der Waals surface area contributed by atoms with Gasteiger partial charge in [-0.2, -0.15) is 0 Å². The molecule has 3 aliphatic carbocycles. The molecular weight excluding hydrogens is 196 g/mol. The number of hydrazine groups is 1. The lowest BCUT2D eigenvalue weighted by Gasteiger charge is -2.23. The van der Waals surface area contributed by atoms with Crippen LogP contribution in [0.4, 0.5) is 0 Å². The Morgan fingerprint density at radius 3 is 2.44 bits per heavy atom. The van der Waals surface area contributed by atoms with Crippen molar-refractivity contribution >= 4 is 0 Å². The number of nitrogens with two attached hydrogens (primary N) is 1. The Morgan fingerprint density at radius 2 is 1.88 bits per heavy atom. The fourth-order valence-electron chi connectivity index (χ4n) is 4.15. The Hall–Kier alpha value is -0.340. The normalized spacial score (nSPS) is 39.8. The molecule has 0 heterocycles. The zero-order chi connectivity index (χ0) is 11.0. The van der Waals surface area contributed by atoms with E-state index in [1.165, 1.54) is 51.4 Å². The van der Waals surface area contributed by atoms with E-state index in [-0.39, 0.29) is 0 Å². The first kappa shape index (κ1) is 10.8. The van der Waals surface area contributed by atoms with E-state index in [9.17, 15) is 0 Å². The highest BCUT2D eigenvalue weighted by atomic mass is 15.2. The fraction of sp³-hybridized carbons (Fsp3) is 0.857. The van der Waals surface area contributed by atoms with Gasteiger partial charge in [0.05, 0.1) is 0 Å². The molecule has 2 heteroatoms. The Labute approximate surface area is 98.6 Å². The van der Waals surface area contributed by atoms with Crippen LogP contribution < -0.4 is 11.3 Å². The van der Waals surface area contributed by atoms with Crippen molar-refractivity contribution < 1.29 is 0 Å². The van der Waals surface area contributed by atoms with Crippen LogP contribution in [0.2, 0.25) is 0 Å². The molecule has 0 radical (unpaired) electrons. The minimum absolute atomic E-state index is 0.508. The van der Waals surface area contributed by atoms with Crippen LogP contribution in [0.15, 0.2) is 11.6 Å². The summed E-state index contributed by atoms with van der Waals surface area (Å²) in [6.45, 7) is 0. The minimum atomic E-state index is 0.508.